The maximum absolute atomic E-state index is 12.5. The summed E-state index contributed by atoms with van der Waals surface area (Å²) in [4.78, 5) is 26.8. The lowest BCUT2D eigenvalue weighted by molar-refractivity contribution is 0.0927. The third kappa shape index (κ3) is 4.13. The molecule has 1 saturated heterocycles. The Bertz CT molecular complexity index is 708. The fourth-order valence-corrected chi connectivity index (χ4v) is 5.19. The molecule has 3 N–H and O–H groups in total. The number of halogens is 1. The second kappa shape index (κ2) is 8.29. The zero-order valence-corrected chi connectivity index (χ0v) is 17.0. The summed E-state index contributed by atoms with van der Waals surface area (Å²) in [6, 6.07) is 7.57. The molecule has 2 saturated carbocycles. The molecule has 152 valence electrons. The minimum atomic E-state index is -0.0305. The fourth-order valence-electron chi connectivity index (χ4n) is 5.06. The Morgan fingerprint density at radius 2 is 1.82 bits per heavy atom. The Hall–Kier alpha value is -1.79. The van der Waals surface area contributed by atoms with Gasteiger partial charge in [0.2, 0.25) is 0 Å². The molecule has 3 aliphatic rings. The van der Waals surface area contributed by atoms with Crippen molar-refractivity contribution in [3.05, 3.63) is 34.9 Å². The van der Waals surface area contributed by atoms with Crippen LogP contribution in [-0.4, -0.2) is 55.1 Å². The number of benzene rings is 1. The average molecular weight is 405 g/mol. The summed E-state index contributed by atoms with van der Waals surface area (Å²) < 4.78 is 0. The zero-order chi connectivity index (χ0) is 19.7. The molecule has 2 aliphatic carbocycles. The highest BCUT2D eigenvalue weighted by molar-refractivity contribution is 6.30. The molecule has 6 nitrogen and oxygen atoms in total. The number of carbonyl (C=O) groups is 2. The highest BCUT2D eigenvalue weighted by Gasteiger charge is 2.58. The molecule has 3 amide bonds. The minimum Gasteiger partial charge on any atom is -0.349 e. The second-order valence-electron chi connectivity index (χ2n) is 8.26. The lowest BCUT2D eigenvalue weighted by Crippen LogP contribution is -2.52. The predicted molar refractivity (Wildman–Crippen MR) is 109 cm³/mol. The van der Waals surface area contributed by atoms with Gasteiger partial charge in [0.25, 0.3) is 5.91 Å². The number of carbonyl (C=O) groups excluding carboxylic acids is 2. The summed E-state index contributed by atoms with van der Waals surface area (Å²) in [5.41, 5.74) is 0.648. The summed E-state index contributed by atoms with van der Waals surface area (Å²) in [7, 11) is 0. The van der Waals surface area contributed by atoms with E-state index in [4.69, 9.17) is 11.6 Å². The second-order valence-corrected chi connectivity index (χ2v) is 8.69. The number of hydrogen-bond acceptors (Lipinski definition) is 3. The molecule has 0 aromatic heterocycles. The number of hydrogen-bond donors (Lipinski definition) is 3. The van der Waals surface area contributed by atoms with E-state index in [-0.39, 0.29) is 24.0 Å². The van der Waals surface area contributed by atoms with Crippen LogP contribution in [0.1, 0.15) is 36.5 Å². The number of amides is 3. The van der Waals surface area contributed by atoms with Gasteiger partial charge in [0.05, 0.1) is 0 Å². The van der Waals surface area contributed by atoms with Crippen molar-refractivity contribution in [3.63, 3.8) is 0 Å². The van der Waals surface area contributed by atoms with Gasteiger partial charge in [-0.25, -0.2) is 4.79 Å². The van der Waals surface area contributed by atoms with Crippen molar-refractivity contribution >= 4 is 23.5 Å². The number of nitrogens with one attached hydrogen (secondary N) is 3. The highest BCUT2D eigenvalue weighted by Crippen LogP contribution is 2.59. The lowest BCUT2D eigenvalue weighted by Gasteiger charge is -2.29. The van der Waals surface area contributed by atoms with E-state index < -0.39 is 0 Å². The largest absolute Gasteiger partial charge is 0.349 e. The Morgan fingerprint density at radius 1 is 1.18 bits per heavy atom. The van der Waals surface area contributed by atoms with Crippen molar-refractivity contribution in [2.45, 2.75) is 38.3 Å². The Kier molecular flexibility index (Phi) is 5.78. The Labute approximate surface area is 171 Å². The molecule has 28 heavy (non-hydrogen) atoms. The molecular formula is C21H29ClN4O2. The van der Waals surface area contributed by atoms with E-state index >= 15 is 0 Å². The van der Waals surface area contributed by atoms with Crippen LogP contribution in [-0.2, 0) is 0 Å². The van der Waals surface area contributed by atoms with Crippen LogP contribution in [0.5, 0.6) is 0 Å². The van der Waals surface area contributed by atoms with Crippen molar-refractivity contribution in [1.29, 1.82) is 0 Å². The van der Waals surface area contributed by atoms with Crippen LogP contribution in [0.15, 0.2) is 24.3 Å². The van der Waals surface area contributed by atoms with Gasteiger partial charge in [-0.05, 0) is 61.3 Å². The maximum atomic E-state index is 12.5. The molecule has 0 bridgehead atoms. The highest BCUT2D eigenvalue weighted by atomic mass is 35.5. The van der Waals surface area contributed by atoms with Crippen LogP contribution < -0.4 is 16.0 Å². The fraction of sp³-hybridized carbons (Fsp3) is 0.619. The first-order chi connectivity index (χ1) is 13.6. The van der Waals surface area contributed by atoms with Gasteiger partial charge in [-0.15, -0.1) is 0 Å². The quantitative estimate of drug-likeness (QED) is 0.705. The van der Waals surface area contributed by atoms with Crippen LogP contribution in [0.2, 0.25) is 5.02 Å². The number of rotatable bonds is 5. The first-order valence-corrected chi connectivity index (χ1v) is 10.8. The van der Waals surface area contributed by atoms with E-state index in [1.807, 2.05) is 4.90 Å². The number of nitrogens with zero attached hydrogens (tertiary/aromatic N) is 1. The van der Waals surface area contributed by atoms with Gasteiger partial charge >= 0.3 is 6.03 Å². The monoisotopic (exact) mass is 404 g/mol. The maximum Gasteiger partial charge on any atom is 0.317 e. The van der Waals surface area contributed by atoms with Gasteiger partial charge < -0.3 is 20.9 Å². The van der Waals surface area contributed by atoms with Crippen LogP contribution in [0.4, 0.5) is 4.79 Å². The molecule has 5 atom stereocenters. The van der Waals surface area contributed by atoms with Gasteiger partial charge in [0, 0.05) is 48.8 Å². The van der Waals surface area contributed by atoms with Crippen molar-refractivity contribution in [2.24, 2.45) is 17.8 Å². The van der Waals surface area contributed by atoms with Crippen LogP contribution >= 0.6 is 11.6 Å². The number of fused-ring (bicyclic) bond motifs is 1. The van der Waals surface area contributed by atoms with Gasteiger partial charge in [0.1, 0.15) is 0 Å². The molecule has 7 heteroatoms. The SMILES string of the molecule is CCC(NC(=O)c1ccc(Cl)cc1)C1[C@H]2CC(NC(=O)N3CCNCC3)C[C@@H]12. The minimum absolute atomic E-state index is 0.0305. The zero-order valence-electron chi connectivity index (χ0n) is 16.3. The summed E-state index contributed by atoms with van der Waals surface area (Å²) in [5.74, 6) is 1.73. The van der Waals surface area contributed by atoms with Crippen LogP contribution in [0.3, 0.4) is 0 Å². The molecule has 1 aromatic carbocycles. The van der Waals surface area contributed by atoms with E-state index in [1.54, 1.807) is 24.3 Å². The molecule has 0 radical (unpaired) electrons. The van der Waals surface area contributed by atoms with E-state index in [0.717, 1.165) is 45.4 Å². The average Bonchev–Trinajstić information content (AvgIpc) is 3.20. The summed E-state index contributed by atoms with van der Waals surface area (Å²) >= 11 is 5.91. The first kappa shape index (κ1) is 19.5. The summed E-state index contributed by atoms with van der Waals surface area (Å²) in [5, 5.41) is 10.3. The van der Waals surface area contributed by atoms with Crippen LogP contribution in [0, 0.1) is 17.8 Å². The first-order valence-electron chi connectivity index (χ1n) is 10.4. The topological polar surface area (TPSA) is 73.5 Å². The molecule has 3 unspecified atom stereocenters. The standard InChI is InChI=1S/C21H29ClN4O2/c1-2-18(25-20(27)13-3-5-14(22)6-4-13)19-16-11-15(12-17(16)19)24-21(28)26-9-7-23-8-10-26/h3-6,15-19,23H,2,7-12H2,1H3,(H,24,28)(H,25,27)/t15?,16-,17+,18?,19?. The summed E-state index contributed by atoms with van der Waals surface area (Å²) in [6.45, 7) is 5.43. The van der Waals surface area contributed by atoms with E-state index in [2.05, 4.69) is 22.9 Å². The lowest BCUT2D eigenvalue weighted by atomic mass is 9.99. The molecule has 1 aliphatic heterocycles. The van der Waals surface area contributed by atoms with E-state index in [1.165, 1.54) is 0 Å². The number of piperazine rings is 1. The Morgan fingerprint density at radius 3 is 2.43 bits per heavy atom. The normalized spacial score (nSPS) is 29.7. The van der Waals surface area contributed by atoms with Crippen molar-refractivity contribution in [1.82, 2.24) is 20.9 Å². The molecule has 0 spiro atoms. The Balaban J connectivity index is 1.26. The molecule has 3 fully saturated rings. The molecule has 4 rings (SSSR count). The molecule has 1 aromatic rings. The smallest absolute Gasteiger partial charge is 0.317 e. The van der Waals surface area contributed by atoms with Crippen LogP contribution in [0.25, 0.3) is 0 Å². The van der Waals surface area contributed by atoms with E-state index in [9.17, 15) is 9.59 Å². The third-order valence-electron chi connectivity index (χ3n) is 6.57. The van der Waals surface area contributed by atoms with Gasteiger partial charge in [-0.3, -0.25) is 4.79 Å². The number of urea groups is 1. The third-order valence-corrected chi connectivity index (χ3v) is 6.82. The van der Waals surface area contributed by atoms with E-state index in [0.29, 0.717) is 28.3 Å². The summed E-state index contributed by atoms with van der Waals surface area (Å²) in [6.07, 6.45) is 2.98. The molecular weight excluding hydrogens is 376 g/mol. The predicted octanol–water partition coefficient (Wildman–Crippen LogP) is 2.49. The van der Waals surface area contributed by atoms with Crippen molar-refractivity contribution in [3.8, 4) is 0 Å². The van der Waals surface area contributed by atoms with Gasteiger partial charge in [-0.2, -0.15) is 0 Å². The van der Waals surface area contributed by atoms with Gasteiger partial charge in [-0.1, -0.05) is 18.5 Å². The molecule has 1 heterocycles. The van der Waals surface area contributed by atoms with Gasteiger partial charge in [0.15, 0.2) is 0 Å². The van der Waals surface area contributed by atoms with Crippen molar-refractivity contribution < 1.29 is 9.59 Å². The van der Waals surface area contributed by atoms with Crippen molar-refractivity contribution in [2.75, 3.05) is 26.2 Å².